The third-order valence-electron chi connectivity index (χ3n) is 8.01. The number of nitriles is 1. The summed E-state index contributed by atoms with van der Waals surface area (Å²) in [7, 11) is -4.06. The van der Waals surface area contributed by atoms with Crippen LogP contribution < -0.4 is 0 Å². The lowest BCUT2D eigenvalue weighted by Crippen LogP contribution is -2.24. The fourth-order valence-corrected chi connectivity index (χ4v) is 7.21. The van der Waals surface area contributed by atoms with Crippen LogP contribution in [0.25, 0.3) is 22.3 Å². The number of hydrogen-bond donors (Lipinski definition) is 1. The maximum atomic E-state index is 14.2. The monoisotopic (exact) mass is 595 g/mol. The molecule has 2 aromatic heterocycles. The molecule has 6 rings (SSSR count). The Morgan fingerprint density at radius 2 is 1.84 bits per heavy atom. The van der Waals surface area contributed by atoms with Gasteiger partial charge in [0.15, 0.2) is 5.65 Å². The summed E-state index contributed by atoms with van der Waals surface area (Å²) < 4.78 is 41.3. The molecule has 2 aromatic carbocycles. The summed E-state index contributed by atoms with van der Waals surface area (Å²) in [6, 6.07) is 21.6. The molecule has 0 amide bonds. The summed E-state index contributed by atoms with van der Waals surface area (Å²) >= 11 is 0. The van der Waals surface area contributed by atoms with Gasteiger partial charge < -0.3 is 14.6 Å². The summed E-state index contributed by atoms with van der Waals surface area (Å²) in [5.41, 5.74) is 2.22. The zero-order valence-corrected chi connectivity index (χ0v) is 24.9. The van der Waals surface area contributed by atoms with E-state index in [9.17, 15) is 18.8 Å². The summed E-state index contributed by atoms with van der Waals surface area (Å²) in [6.45, 7) is 4.67. The average molecular weight is 596 g/mol. The van der Waals surface area contributed by atoms with Crippen LogP contribution in [-0.2, 0) is 25.1 Å². The molecular weight excluding hydrogens is 562 g/mol. The second-order valence-corrected chi connectivity index (χ2v) is 13.2. The molecule has 2 aliphatic rings. The minimum Gasteiger partial charge on any atom is -0.489 e. The van der Waals surface area contributed by atoms with E-state index in [1.54, 1.807) is 50.4 Å². The van der Waals surface area contributed by atoms with Gasteiger partial charge >= 0.3 is 0 Å². The molecule has 8 nitrogen and oxygen atoms in total. The number of aromatic nitrogens is 2. The van der Waals surface area contributed by atoms with Crippen molar-refractivity contribution in [2.75, 3.05) is 13.2 Å². The van der Waals surface area contributed by atoms with E-state index in [0.717, 1.165) is 18.4 Å². The van der Waals surface area contributed by atoms with Gasteiger partial charge in [-0.1, -0.05) is 42.5 Å². The van der Waals surface area contributed by atoms with Gasteiger partial charge in [-0.05, 0) is 73.4 Å². The van der Waals surface area contributed by atoms with E-state index in [1.807, 2.05) is 48.6 Å². The standard InChI is InChI=1S/C34H33N3O5S/c1-34(2,38)26-8-6-7-24(20-26)31-21-30-29(13-16-36-33(30)37(31)43(39,40)28-9-4-3-5-10-28)23-11-12-32(25(19-23)22-35)42-27-14-17-41-18-15-27/h3-10,12-13,16,19-21,23,27,38H,11,14-15,17-18H2,1-2H3. The smallest absolute Gasteiger partial charge is 0.269 e. The Morgan fingerprint density at radius 1 is 1.07 bits per heavy atom. The number of benzene rings is 2. The van der Waals surface area contributed by atoms with Gasteiger partial charge in [0, 0.05) is 30.3 Å². The van der Waals surface area contributed by atoms with E-state index in [2.05, 4.69) is 11.1 Å². The van der Waals surface area contributed by atoms with Crippen LogP contribution in [-0.4, -0.2) is 41.8 Å². The Bertz CT molecular complexity index is 1870. The molecule has 43 heavy (non-hydrogen) atoms. The number of aliphatic hydroxyl groups is 1. The van der Waals surface area contributed by atoms with Crippen LogP contribution in [0.4, 0.5) is 0 Å². The number of fused-ring (bicyclic) bond motifs is 1. The van der Waals surface area contributed by atoms with E-state index >= 15 is 0 Å². The van der Waals surface area contributed by atoms with Gasteiger partial charge in [-0.3, -0.25) is 0 Å². The van der Waals surface area contributed by atoms with Gasteiger partial charge in [0.05, 0.1) is 35.0 Å². The number of pyridine rings is 1. The number of ether oxygens (including phenoxy) is 2. The second-order valence-electron chi connectivity index (χ2n) is 11.4. The molecule has 1 saturated heterocycles. The van der Waals surface area contributed by atoms with Gasteiger partial charge in [-0.15, -0.1) is 0 Å². The normalized spacial score (nSPS) is 18.1. The van der Waals surface area contributed by atoms with Crippen LogP contribution in [0.1, 0.15) is 50.2 Å². The van der Waals surface area contributed by atoms with Crippen molar-refractivity contribution in [1.29, 1.82) is 5.26 Å². The summed E-state index contributed by atoms with van der Waals surface area (Å²) in [4.78, 5) is 4.71. The van der Waals surface area contributed by atoms with Crippen molar-refractivity contribution in [3.63, 3.8) is 0 Å². The Morgan fingerprint density at radius 3 is 2.56 bits per heavy atom. The summed E-state index contributed by atoms with van der Waals surface area (Å²) in [5, 5.41) is 21.4. The highest BCUT2D eigenvalue weighted by Gasteiger charge is 2.29. The summed E-state index contributed by atoms with van der Waals surface area (Å²) in [6.07, 6.45) is 7.64. The van der Waals surface area contributed by atoms with Crippen molar-refractivity contribution in [2.24, 2.45) is 0 Å². The molecule has 1 unspecified atom stereocenters. The van der Waals surface area contributed by atoms with Crippen LogP contribution in [0.15, 0.2) is 101 Å². The van der Waals surface area contributed by atoms with Crippen molar-refractivity contribution in [2.45, 2.75) is 55.6 Å². The van der Waals surface area contributed by atoms with E-state index in [1.165, 1.54) is 3.97 Å². The van der Waals surface area contributed by atoms with Crippen LogP contribution in [0.2, 0.25) is 0 Å². The average Bonchev–Trinajstić information content (AvgIpc) is 3.43. The van der Waals surface area contributed by atoms with Crippen molar-refractivity contribution in [1.82, 2.24) is 8.96 Å². The van der Waals surface area contributed by atoms with Crippen molar-refractivity contribution < 1.29 is 23.0 Å². The molecule has 4 aromatic rings. The lowest BCUT2D eigenvalue weighted by molar-refractivity contribution is -0.00185. The predicted octanol–water partition coefficient (Wildman–Crippen LogP) is 6.18. The first-order valence-corrected chi connectivity index (χ1v) is 15.8. The van der Waals surface area contributed by atoms with Crippen LogP contribution >= 0.6 is 0 Å². The molecule has 1 aliphatic carbocycles. The molecule has 0 bridgehead atoms. The minimum atomic E-state index is -4.06. The van der Waals surface area contributed by atoms with E-state index in [4.69, 9.17) is 9.47 Å². The van der Waals surface area contributed by atoms with Gasteiger partial charge in [-0.25, -0.2) is 17.4 Å². The largest absolute Gasteiger partial charge is 0.489 e. The Balaban J connectivity index is 1.49. The third-order valence-corrected chi connectivity index (χ3v) is 9.73. The fourth-order valence-electron chi connectivity index (χ4n) is 5.71. The summed E-state index contributed by atoms with van der Waals surface area (Å²) in [5.74, 6) is 0.400. The number of rotatable bonds is 7. The Kier molecular flexibility index (Phi) is 7.69. The highest BCUT2D eigenvalue weighted by Crippen LogP contribution is 2.39. The van der Waals surface area contributed by atoms with Crippen molar-refractivity contribution >= 4 is 21.1 Å². The second kappa shape index (κ2) is 11.5. The van der Waals surface area contributed by atoms with E-state index < -0.39 is 15.6 Å². The van der Waals surface area contributed by atoms with Gasteiger partial charge in [0.25, 0.3) is 10.0 Å². The maximum Gasteiger partial charge on any atom is 0.269 e. The van der Waals surface area contributed by atoms with E-state index in [0.29, 0.717) is 58.8 Å². The molecule has 0 saturated carbocycles. The van der Waals surface area contributed by atoms with Crippen molar-refractivity contribution in [3.8, 4) is 17.3 Å². The van der Waals surface area contributed by atoms with Crippen molar-refractivity contribution in [3.05, 3.63) is 108 Å². The highest BCUT2D eigenvalue weighted by atomic mass is 32.2. The zero-order valence-electron chi connectivity index (χ0n) is 24.1. The first kappa shape index (κ1) is 28.9. The molecule has 220 valence electrons. The topological polar surface area (TPSA) is 114 Å². The van der Waals surface area contributed by atoms with Gasteiger partial charge in [0.1, 0.15) is 17.9 Å². The first-order valence-electron chi connectivity index (χ1n) is 14.4. The molecule has 1 fully saturated rings. The lowest BCUT2D eigenvalue weighted by Gasteiger charge is -2.27. The number of hydrogen-bond acceptors (Lipinski definition) is 7. The molecule has 1 aliphatic heterocycles. The Labute approximate surface area is 251 Å². The lowest BCUT2D eigenvalue weighted by atomic mass is 9.88. The quantitative estimate of drug-likeness (QED) is 0.271. The molecule has 0 spiro atoms. The minimum absolute atomic E-state index is 0.0142. The number of nitrogens with zero attached hydrogens (tertiary/aromatic N) is 3. The Hall–Kier alpha value is -4.23. The molecule has 1 N–H and O–H groups in total. The molecule has 3 heterocycles. The molecule has 9 heteroatoms. The van der Waals surface area contributed by atoms with Crippen LogP contribution in [0, 0.1) is 11.3 Å². The third kappa shape index (κ3) is 5.62. The van der Waals surface area contributed by atoms with Crippen LogP contribution in [0.5, 0.6) is 0 Å². The molecular formula is C34H33N3O5S. The van der Waals surface area contributed by atoms with Gasteiger partial charge in [-0.2, -0.15) is 5.26 Å². The highest BCUT2D eigenvalue weighted by molar-refractivity contribution is 7.90. The van der Waals surface area contributed by atoms with E-state index in [-0.39, 0.29) is 16.9 Å². The SMILES string of the molecule is CC(C)(O)c1cccc(-c2cc3c(C4C=C(C#N)C(OC5CCOCC5)=CC4)ccnc3n2S(=O)(=O)c2ccccc2)c1. The number of allylic oxidation sites excluding steroid dienone is 3. The fraction of sp³-hybridized carbons (Fsp3) is 0.294. The van der Waals surface area contributed by atoms with Crippen LogP contribution in [0.3, 0.4) is 0 Å². The van der Waals surface area contributed by atoms with Gasteiger partial charge in [0.2, 0.25) is 0 Å². The molecule has 0 radical (unpaired) electrons. The maximum absolute atomic E-state index is 14.2. The zero-order chi connectivity index (χ0) is 30.2. The molecule has 1 atom stereocenters. The predicted molar refractivity (Wildman–Crippen MR) is 164 cm³/mol. The first-order chi connectivity index (χ1) is 20.7.